The zero-order chi connectivity index (χ0) is 18.9. The molecule has 7 nitrogen and oxygen atoms in total. The van der Waals surface area contributed by atoms with Gasteiger partial charge >= 0.3 is 0 Å². The normalized spacial score (nSPS) is 20.1. The molecule has 0 aromatic carbocycles. The van der Waals surface area contributed by atoms with Crippen molar-refractivity contribution in [3.63, 3.8) is 0 Å². The van der Waals surface area contributed by atoms with E-state index in [1.165, 1.54) is 18.5 Å². The summed E-state index contributed by atoms with van der Waals surface area (Å²) in [6.07, 6.45) is 8.21. The molecule has 0 radical (unpaired) electrons. The van der Waals surface area contributed by atoms with Gasteiger partial charge in [0.05, 0.1) is 11.9 Å². The summed E-state index contributed by atoms with van der Waals surface area (Å²) in [6.45, 7) is 3.63. The molecule has 0 aliphatic carbocycles. The van der Waals surface area contributed by atoms with Crippen LogP contribution in [-0.2, 0) is 0 Å². The number of fused-ring (bicyclic) bond motifs is 1. The van der Waals surface area contributed by atoms with Crippen LogP contribution in [0.2, 0.25) is 0 Å². The number of carbonyl (C=O) groups is 1. The van der Waals surface area contributed by atoms with Gasteiger partial charge < -0.3 is 9.80 Å². The molecule has 7 heteroatoms. The van der Waals surface area contributed by atoms with Gasteiger partial charge in [0.2, 0.25) is 0 Å². The number of piperidine rings is 1. The summed E-state index contributed by atoms with van der Waals surface area (Å²) < 4.78 is 1.89. The number of anilines is 1. The number of nitrogens with zero attached hydrogens (tertiary/aromatic N) is 6. The summed E-state index contributed by atoms with van der Waals surface area (Å²) >= 11 is 0. The Labute approximate surface area is 164 Å². The Morgan fingerprint density at radius 2 is 1.93 bits per heavy atom. The van der Waals surface area contributed by atoms with E-state index in [1.807, 2.05) is 27.6 Å². The fraction of sp³-hybridized carbons (Fsp3) is 0.429. The second-order valence-corrected chi connectivity index (χ2v) is 7.66. The molecule has 5 rings (SSSR count). The van der Waals surface area contributed by atoms with Crippen LogP contribution in [0.3, 0.4) is 0 Å². The highest BCUT2D eigenvalue weighted by Crippen LogP contribution is 2.27. The molecule has 2 aliphatic heterocycles. The molecule has 0 saturated carbocycles. The monoisotopic (exact) mass is 376 g/mol. The van der Waals surface area contributed by atoms with E-state index in [2.05, 4.69) is 22.1 Å². The minimum absolute atomic E-state index is 0.00890. The van der Waals surface area contributed by atoms with E-state index in [0.717, 1.165) is 43.9 Å². The molecular formula is C21H24N6O. The third kappa shape index (κ3) is 3.21. The number of hydrogen-bond acceptors (Lipinski definition) is 5. The van der Waals surface area contributed by atoms with E-state index in [-0.39, 0.29) is 11.8 Å². The van der Waals surface area contributed by atoms with Crippen molar-refractivity contribution in [2.75, 3.05) is 31.1 Å². The Hall–Kier alpha value is -2.96. The van der Waals surface area contributed by atoms with Crippen LogP contribution in [0.5, 0.6) is 0 Å². The van der Waals surface area contributed by atoms with E-state index in [1.54, 1.807) is 12.3 Å². The molecule has 144 valence electrons. The Morgan fingerprint density at radius 3 is 2.75 bits per heavy atom. The first kappa shape index (κ1) is 17.2. The molecule has 3 aromatic heterocycles. The van der Waals surface area contributed by atoms with Gasteiger partial charge in [0.15, 0.2) is 11.5 Å². The lowest BCUT2D eigenvalue weighted by Crippen LogP contribution is -2.39. The van der Waals surface area contributed by atoms with Gasteiger partial charge in [0, 0.05) is 38.3 Å². The first-order chi connectivity index (χ1) is 13.8. The molecular weight excluding hydrogens is 352 g/mol. The maximum Gasteiger partial charge on any atom is 0.272 e. The second kappa shape index (κ2) is 7.22. The lowest BCUT2D eigenvalue weighted by molar-refractivity contribution is 0.0698. The molecule has 0 N–H and O–H groups in total. The van der Waals surface area contributed by atoms with Crippen LogP contribution in [0.1, 0.15) is 47.9 Å². The van der Waals surface area contributed by atoms with Crippen molar-refractivity contribution in [2.24, 2.45) is 0 Å². The van der Waals surface area contributed by atoms with Crippen LogP contribution in [0.25, 0.3) is 5.65 Å². The van der Waals surface area contributed by atoms with E-state index in [0.29, 0.717) is 12.2 Å². The molecule has 2 fully saturated rings. The van der Waals surface area contributed by atoms with Crippen molar-refractivity contribution < 1.29 is 4.79 Å². The van der Waals surface area contributed by atoms with Crippen LogP contribution in [0.4, 0.5) is 5.69 Å². The third-order valence-electron chi connectivity index (χ3n) is 5.76. The molecule has 5 heterocycles. The largest absolute Gasteiger partial charge is 0.370 e. The Morgan fingerprint density at radius 1 is 1.04 bits per heavy atom. The maximum atomic E-state index is 12.8. The number of hydrogen-bond donors (Lipinski definition) is 0. The van der Waals surface area contributed by atoms with Gasteiger partial charge in [0.1, 0.15) is 5.69 Å². The molecule has 1 amide bonds. The first-order valence-corrected chi connectivity index (χ1v) is 10.1. The molecule has 28 heavy (non-hydrogen) atoms. The summed E-state index contributed by atoms with van der Waals surface area (Å²) in [6, 6.07) is 9.63. The number of pyridine rings is 2. The maximum absolute atomic E-state index is 12.8. The van der Waals surface area contributed by atoms with Gasteiger partial charge in [-0.05, 0) is 49.9 Å². The van der Waals surface area contributed by atoms with Crippen LogP contribution in [0, 0.1) is 0 Å². The number of carbonyl (C=O) groups excluding carboxylic acids is 1. The summed E-state index contributed by atoms with van der Waals surface area (Å²) in [5.74, 6) is 0.985. The Balaban J connectivity index is 1.36. The smallest absolute Gasteiger partial charge is 0.272 e. The van der Waals surface area contributed by atoms with Crippen LogP contribution in [-0.4, -0.2) is 56.6 Å². The number of aromatic nitrogens is 4. The SMILES string of the molecule is O=C(c1ccccn1)N1CCC[C@@H](c2nc3ccc(N4CCCC4)cn3n2)C1. The van der Waals surface area contributed by atoms with Gasteiger partial charge in [-0.3, -0.25) is 9.78 Å². The van der Waals surface area contributed by atoms with Crippen LogP contribution in [0.15, 0.2) is 42.7 Å². The van der Waals surface area contributed by atoms with E-state index < -0.39 is 0 Å². The number of likely N-dealkylation sites (tertiary alicyclic amines) is 1. The predicted molar refractivity (Wildman–Crippen MR) is 107 cm³/mol. The molecule has 2 saturated heterocycles. The fourth-order valence-corrected chi connectivity index (χ4v) is 4.25. The Kier molecular flexibility index (Phi) is 4.43. The summed E-state index contributed by atoms with van der Waals surface area (Å²) in [4.78, 5) is 26.0. The zero-order valence-electron chi connectivity index (χ0n) is 15.9. The predicted octanol–water partition coefficient (Wildman–Crippen LogP) is 2.74. The van der Waals surface area contributed by atoms with E-state index in [4.69, 9.17) is 10.1 Å². The van der Waals surface area contributed by atoms with Gasteiger partial charge in [-0.15, -0.1) is 0 Å². The van der Waals surface area contributed by atoms with Crippen molar-refractivity contribution in [3.8, 4) is 0 Å². The quantitative estimate of drug-likeness (QED) is 0.703. The first-order valence-electron chi connectivity index (χ1n) is 10.1. The summed E-state index contributed by atoms with van der Waals surface area (Å²) in [5, 5.41) is 4.76. The van der Waals surface area contributed by atoms with Crippen LogP contribution >= 0.6 is 0 Å². The molecule has 2 aliphatic rings. The average molecular weight is 376 g/mol. The van der Waals surface area contributed by atoms with Crippen LogP contribution < -0.4 is 4.90 Å². The number of rotatable bonds is 3. The second-order valence-electron chi connectivity index (χ2n) is 7.66. The van der Waals surface area contributed by atoms with Gasteiger partial charge in [-0.2, -0.15) is 5.10 Å². The third-order valence-corrected chi connectivity index (χ3v) is 5.76. The van der Waals surface area contributed by atoms with Gasteiger partial charge in [0.25, 0.3) is 5.91 Å². The minimum atomic E-state index is -0.00890. The topological polar surface area (TPSA) is 66.6 Å². The Bertz CT molecular complexity index is 979. The fourth-order valence-electron chi connectivity index (χ4n) is 4.25. The molecule has 1 atom stereocenters. The highest BCUT2D eigenvalue weighted by atomic mass is 16.2. The lowest BCUT2D eigenvalue weighted by Gasteiger charge is -2.31. The molecule has 0 unspecified atom stereocenters. The summed E-state index contributed by atoms with van der Waals surface area (Å²) in [7, 11) is 0. The van der Waals surface area contributed by atoms with Crippen molar-refractivity contribution in [1.29, 1.82) is 0 Å². The van der Waals surface area contributed by atoms with Gasteiger partial charge in [-0.1, -0.05) is 6.07 Å². The molecule has 3 aromatic rings. The number of amides is 1. The average Bonchev–Trinajstić information content (AvgIpc) is 3.43. The molecule has 0 spiro atoms. The highest BCUT2D eigenvalue weighted by molar-refractivity contribution is 5.92. The summed E-state index contributed by atoms with van der Waals surface area (Å²) in [5.41, 5.74) is 2.57. The van der Waals surface area contributed by atoms with Gasteiger partial charge in [-0.25, -0.2) is 9.50 Å². The van der Waals surface area contributed by atoms with E-state index in [9.17, 15) is 4.79 Å². The minimum Gasteiger partial charge on any atom is -0.370 e. The van der Waals surface area contributed by atoms with Crippen molar-refractivity contribution in [2.45, 2.75) is 31.6 Å². The van der Waals surface area contributed by atoms with Crippen molar-refractivity contribution >= 4 is 17.2 Å². The molecule has 0 bridgehead atoms. The lowest BCUT2D eigenvalue weighted by atomic mass is 9.97. The standard InChI is InChI=1S/C21H24N6O/c28-21(18-7-1-2-10-22-18)26-13-5-6-16(14-26)20-23-19-9-8-17(15-27(19)24-20)25-11-3-4-12-25/h1-2,7-10,15-16H,3-6,11-14H2/t16-/m1/s1. The van der Waals surface area contributed by atoms with E-state index >= 15 is 0 Å². The zero-order valence-corrected chi connectivity index (χ0v) is 15.9. The van der Waals surface area contributed by atoms with Crippen molar-refractivity contribution in [1.82, 2.24) is 24.5 Å². The van der Waals surface area contributed by atoms with Crippen molar-refractivity contribution in [3.05, 3.63) is 54.2 Å². The highest BCUT2D eigenvalue weighted by Gasteiger charge is 2.28.